The topological polar surface area (TPSA) is 54.0 Å². The Morgan fingerprint density at radius 2 is 1.86 bits per heavy atom. The molecule has 0 atom stereocenters. The second kappa shape index (κ2) is 4.68. The summed E-state index contributed by atoms with van der Waals surface area (Å²) in [4.78, 5) is 5.15. The smallest absolute Gasteiger partial charge is 0.213 e. The summed E-state index contributed by atoms with van der Waals surface area (Å²) in [6.07, 6.45) is 0. The van der Waals surface area contributed by atoms with Crippen LogP contribution in [0, 0.1) is 18.3 Å². The highest BCUT2D eigenvalue weighted by atomic mass is 32.1. The van der Waals surface area contributed by atoms with E-state index in [9.17, 15) is 0 Å². The van der Waals surface area contributed by atoms with Gasteiger partial charge in [-0.05, 0) is 17.9 Å². The number of nitriles is 1. The first kappa shape index (κ1) is 13.8. The van der Waals surface area contributed by atoms with E-state index in [-0.39, 0.29) is 5.41 Å². The van der Waals surface area contributed by atoms with Gasteiger partial charge in [0.1, 0.15) is 11.1 Å². The maximum atomic E-state index is 9.16. The summed E-state index contributed by atoms with van der Waals surface area (Å²) in [5.41, 5.74) is 3.73. The van der Waals surface area contributed by atoms with Gasteiger partial charge in [-0.2, -0.15) is 14.9 Å². The molecule has 5 heteroatoms. The van der Waals surface area contributed by atoms with Gasteiger partial charge in [0.25, 0.3) is 0 Å². The molecule has 0 bridgehead atoms. The van der Waals surface area contributed by atoms with Gasteiger partial charge in [0.2, 0.25) is 4.96 Å². The first-order valence-electron chi connectivity index (χ1n) is 6.77. The molecule has 2 heterocycles. The van der Waals surface area contributed by atoms with Gasteiger partial charge in [0.15, 0.2) is 5.69 Å². The Bertz CT molecular complexity index is 841. The molecule has 0 aliphatic carbocycles. The monoisotopic (exact) mass is 296 g/mol. The summed E-state index contributed by atoms with van der Waals surface area (Å²) < 4.78 is 1.63. The van der Waals surface area contributed by atoms with Crippen molar-refractivity contribution in [2.75, 3.05) is 0 Å². The van der Waals surface area contributed by atoms with Gasteiger partial charge in [-0.3, -0.25) is 0 Å². The van der Waals surface area contributed by atoms with E-state index in [1.807, 2.05) is 6.92 Å². The van der Waals surface area contributed by atoms with Gasteiger partial charge >= 0.3 is 0 Å². The molecule has 2 aromatic heterocycles. The highest BCUT2D eigenvalue weighted by Crippen LogP contribution is 2.29. The third-order valence-corrected chi connectivity index (χ3v) is 4.44. The summed E-state index contributed by atoms with van der Waals surface area (Å²) in [5, 5.41) is 14.6. The number of nitrogens with zero attached hydrogens (tertiary/aromatic N) is 4. The molecule has 0 radical (unpaired) electrons. The van der Waals surface area contributed by atoms with E-state index in [1.165, 1.54) is 16.9 Å². The van der Waals surface area contributed by atoms with Crippen LogP contribution in [-0.2, 0) is 5.41 Å². The quantitative estimate of drug-likeness (QED) is 0.683. The number of fused-ring (bicyclic) bond motifs is 1. The molecule has 0 saturated carbocycles. The van der Waals surface area contributed by atoms with Crippen LogP contribution in [0.4, 0.5) is 0 Å². The molecule has 3 aromatic rings. The van der Waals surface area contributed by atoms with Crippen molar-refractivity contribution in [3.63, 3.8) is 0 Å². The Hall–Kier alpha value is -2.19. The molecule has 0 N–H and O–H groups in total. The van der Waals surface area contributed by atoms with Crippen LogP contribution in [-0.4, -0.2) is 14.6 Å². The summed E-state index contributed by atoms with van der Waals surface area (Å²) in [7, 11) is 0. The van der Waals surface area contributed by atoms with Crippen LogP contribution >= 0.6 is 11.3 Å². The molecular weight excluding hydrogens is 280 g/mol. The number of benzene rings is 1. The van der Waals surface area contributed by atoms with Crippen molar-refractivity contribution in [3.8, 4) is 16.6 Å². The Morgan fingerprint density at radius 1 is 1.19 bits per heavy atom. The Kier molecular flexibility index (Phi) is 3.07. The lowest BCUT2D eigenvalue weighted by molar-refractivity contribution is 0.590. The van der Waals surface area contributed by atoms with Gasteiger partial charge in [-0.1, -0.05) is 56.4 Å². The van der Waals surface area contributed by atoms with Crippen LogP contribution in [0.15, 0.2) is 24.3 Å². The third-order valence-electron chi connectivity index (χ3n) is 3.48. The fraction of sp³-hybridized carbons (Fsp3) is 0.312. The number of rotatable bonds is 1. The van der Waals surface area contributed by atoms with E-state index in [2.05, 4.69) is 61.2 Å². The van der Waals surface area contributed by atoms with Crippen molar-refractivity contribution in [1.82, 2.24) is 14.6 Å². The second-order valence-electron chi connectivity index (χ2n) is 6.09. The largest absolute Gasteiger partial charge is 0.221 e. The average Bonchev–Trinajstić information content (AvgIpc) is 2.94. The predicted octanol–water partition coefficient (Wildman–Crippen LogP) is 3.94. The Labute approximate surface area is 127 Å². The second-order valence-corrected chi connectivity index (χ2v) is 7.04. The zero-order valence-corrected chi connectivity index (χ0v) is 13.3. The van der Waals surface area contributed by atoms with E-state index in [0.717, 1.165) is 21.2 Å². The highest BCUT2D eigenvalue weighted by Gasteiger charge is 2.16. The molecule has 3 rings (SSSR count). The van der Waals surface area contributed by atoms with Crippen molar-refractivity contribution < 1.29 is 0 Å². The fourth-order valence-electron chi connectivity index (χ4n) is 2.21. The summed E-state index contributed by atoms with van der Waals surface area (Å²) >= 11 is 1.50. The third kappa shape index (κ3) is 2.32. The SMILES string of the molecule is Cc1nc2sc(-c3ccc(C(C)(C)C)cc3)nn2c1C#N. The molecule has 0 spiro atoms. The van der Waals surface area contributed by atoms with Gasteiger partial charge in [0.05, 0.1) is 5.69 Å². The molecule has 0 fully saturated rings. The lowest BCUT2D eigenvalue weighted by Crippen LogP contribution is -2.10. The van der Waals surface area contributed by atoms with Crippen molar-refractivity contribution >= 4 is 16.3 Å². The van der Waals surface area contributed by atoms with E-state index in [0.29, 0.717) is 5.69 Å². The number of aryl methyl sites for hydroxylation is 1. The van der Waals surface area contributed by atoms with Gasteiger partial charge in [-0.25, -0.2) is 4.98 Å². The zero-order chi connectivity index (χ0) is 15.2. The predicted molar refractivity (Wildman–Crippen MR) is 84.5 cm³/mol. The molecule has 0 aliphatic heterocycles. The first-order chi connectivity index (χ1) is 9.90. The molecule has 0 aliphatic rings. The average molecular weight is 296 g/mol. The lowest BCUT2D eigenvalue weighted by Gasteiger charge is -2.18. The molecule has 0 amide bonds. The highest BCUT2D eigenvalue weighted by molar-refractivity contribution is 7.19. The number of hydrogen-bond acceptors (Lipinski definition) is 4. The van der Waals surface area contributed by atoms with E-state index >= 15 is 0 Å². The standard InChI is InChI=1S/C16H16N4S/c1-10-13(9-17)20-15(18-10)21-14(19-20)11-5-7-12(8-6-11)16(2,3)4/h5-8H,1-4H3. The molecule has 21 heavy (non-hydrogen) atoms. The summed E-state index contributed by atoms with van der Waals surface area (Å²) in [6, 6.07) is 10.6. The van der Waals surface area contributed by atoms with Gasteiger partial charge in [0, 0.05) is 5.56 Å². The van der Waals surface area contributed by atoms with Crippen molar-refractivity contribution in [3.05, 3.63) is 41.2 Å². The molecule has 4 nitrogen and oxygen atoms in total. The molecule has 0 saturated heterocycles. The van der Waals surface area contributed by atoms with Crippen molar-refractivity contribution in [2.24, 2.45) is 0 Å². The van der Waals surface area contributed by atoms with E-state index in [1.54, 1.807) is 4.52 Å². The molecule has 1 aromatic carbocycles. The number of hydrogen-bond donors (Lipinski definition) is 0. The van der Waals surface area contributed by atoms with Crippen LogP contribution < -0.4 is 0 Å². The number of aromatic nitrogens is 3. The zero-order valence-electron chi connectivity index (χ0n) is 12.5. The van der Waals surface area contributed by atoms with Crippen molar-refractivity contribution in [1.29, 1.82) is 5.26 Å². The maximum absolute atomic E-state index is 9.16. The fourth-order valence-corrected chi connectivity index (χ4v) is 3.16. The lowest BCUT2D eigenvalue weighted by atomic mass is 9.87. The molecule has 106 valence electrons. The van der Waals surface area contributed by atoms with Gasteiger partial charge in [-0.15, -0.1) is 0 Å². The molecule has 0 unspecified atom stereocenters. The minimum absolute atomic E-state index is 0.140. The van der Waals surface area contributed by atoms with Crippen LogP contribution in [0.3, 0.4) is 0 Å². The summed E-state index contributed by atoms with van der Waals surface area (Å²) in [5.74, 6) is 0. The van der Waals surface area contributed by atoms with E-state index < -0.39 is 0 Å². The Balaban J connectivity index is 2.05. The van der Waals surface area contributed by atoms with Gasteiger partial charge < -0.3 is 0 Å². The minimum Gasteiger partial charge on any atom is -0.221 e. The minimum atomic E-state index is 0.140. The first-order valence-corrected chi connectivity index (χ1v) is 7.59. The summed E-state index contributed by atoms with van der Waals surface area (Å²) in [6.45, 7) is 8.42. The Morgan fingerprint density at radius 3 is 2.43 bits per heavy atom. The van der Waals surface area contributed by atoms with Crippen LogP contribution in [0.5, 0.6) is 0 Å². The van der Waals surface area contributed by atoms with Crippen molar-refractivity contribution in [2.45, 2.75) is 33.1 Å². The van der Waals surface area contributed by atoms with E-state index in [4.69, 9.17) is 5.26 Å². The van der Waals surface area contributed by atoms with Crippen LogP contribution in [0.2, 0.25) is 0 Å². The normalized spacial score (nSPS) is 11.8. The maximum Gasteiger partial charge on any atom is 0.213 e. The molecular formula is C16H16N4S. The van der Waals surface area contributed by atoms with Crippen LogP contribution in [0.25, 0.3) is 15.5 Å². The van der Waals surface area contributed by atoms with Crippen LogP contribution in [0.1, 0.15) is 37.7 Å². The number of imidazole rings is 1.